The Morgan fingerprint density at radius 1 is 1.24 bits per heavy atom. The van der Waals surface area contributed by atoms with Gasteiger partial charge < -0.3 is 9.73 Å². The zero-order valence-corrected chi connectivity index (χ0v) is 10.4. The highest BCUT2D eigenvalue weighted by Gasteiger charge is 2.17. The maximum absolute atomic E-state index is 5.10. The summed E-state index contributed by atoms with van der Waals surface area (Å²) in [6.45, 7) is 7.13. The van der Waals surface area contributed by atoms with Gasteiger partial charge in [0.2, 0.25) is 12.3 Å². The lowest BCUT2D eigenvalue weighted by molar-refractivity contribution is 0.501. The molecule has 90 valence electrons. The molecule has 4 nitrogen and oxygen atoms in total. The minimum absolute atomic E-state index is 0.110. The first kappa shape index (κ1) is 11.6. The molecule has 1 aromatic carbocycles. The Hall–Kier alpha value is -1.84. The maximum atomic E-state index is 5.10. The van der Waals surface area contributed by atoms with Crippen LogP contribution in [0.1, 0.15) is 32.2 Å². The summed E-state index contributed by atoms with van der Waals surface area (Å²) in [6.07, 6.45) is 1.34. The number of nitrogens with zero attached hydrogens (tertiary/aromatic N) is 2. The molecule has 0 radical (unpaired) electrons. The highest BCUT2D eigenvalue weighted by atomic mass is 16.4. The molecule has 0 bridgehead atoms. The Labute approximate surface area is 101 Å². The van der Waals surface area contributed by atoms with Gasteiger partial charge in [-0.3, -0.25) is 0 Å². The highest BCUT2D eigenvalue weighted by molar-refractivity contribution is 5.53. The van der Waals surface area contributed by atoms with Crippen LogP contribution in [-0.4, -0.2) is 10.2 Å². The standard InChI is InChI=1S/C13H17N3O/c1-13(2,3)10-6-4-5-7-11(10)14-8-12-16-15-9-17-12/h4-7,9,14H,8H2,1-3H3. The lowest BCUT2D eigenvalue weighted by Gasteiger charge is -2.23. The minimum atomic E-state index is 0.110. The predicted octanol–water partition coefficient (Wildman–Crippen LogP) is 2.98. The van der Waals surface area contributed by atoms with Gasteiger partial charge in [-0.15, -0.1) is 10.2 Å². The van der Waals surface area contributed by atoms with Gasteiger partial charge in [-0.05, 0) is 17.0 Å². The summed E-state index contributed by atoms with van der Waals surface area (Å²) in [5, 5.41) is 10.8. The van der Waals surface area contributed by atoms with Gasteiger partial charge >= 0.3 is 0 Å². The number of hydrogen-bond donors (Lipinski definition) is 1. The fraction of sp³-hybridized carbons (Fsp3) is 0.385. The van der Waals surface area contributed by atoms with Gasteiger partial charge in [0.05, 0.1) is 6.54 Å². The van der Waals surface area contributed by atoms with Crippen molar-refractivity contribution < 1.29 is 4.42 Å². The molecule has 0 saturated heterocycles. The third kappa shape index (κ3) is 2.84. The molecule has 2 rings (SSSR count). The lowest BCUT2D eigenvalue weighted by Crippen LogP contribution is -2.14. The summed E-state index contributed by atoms with van der Waals surface area (Å²) in [6, 6.07) is 8.27. The van der Waals surface area contributed by atoms with E-state index in [9.17, 15) is 0 Å². The molecule has 4 heteroatoms. The van der Waals surface area contributed by atoms with E-state index in [1.54, 1.807) is 0 Å². The van der Waals surface area contributed by atoms with Gasteiger partial charge in [0, 0.05) is 5.69 Å². The smallest absolute Gasteiger partial charge is 0.235 e. The quantitative estimate of drug-likeness (QED) is 0.882. The number of aromatic nitrogens is 2. The van der Waals surface area contributed by atoms with Crippen LogP contribution in [0.4, 0.5) is 5.69 Å². The topological polar surface area (TPSA) is 51.0 Å². The molecule has 1 N–H and O–H groups in total. The Kier molecular flexibility index (Phi) is 3.13. The van der Waals surface area contributed by atoms with Crippen LogP contribution in [0.5, 0.6) is 0 Å². The zero-order chi connectivity index (χ0) is 12.3. The van der Waals surface area contributed by atoms with Crippen molar-refractivity contribution in [2.24, 2.45) is 0 Å². The van der Waals surface area contributed by atoms with Crippen LogP contribution in [0.2, 0.25) is 0 Å². The second-order valence-electron chi connectivity index (χ2n) is 4.98. The summed E-state index contributed by atoms with van der Waals surface area (Å²) < 4.78 is 5.10. The van der Waals surface area contributed by atoms with Crippen LogP contribution in [0, 0.1) is 0 Å². The van der Waals surface area contributed by atoms with E-state index in [1.165, 1.54) is 12.0 Å². The van der Waals surface area contributed by atoms with Crippen molar-refractivity contribution in [3.05, 3.63) is 42.1 Å². The number of para-hydroxylation sites is 1. The summed E-state index contributed by atoms with van der Waals surface area (Å²) in [5.74, 6) is 0.591. The fourth-order valence-corrected chi connectivity index (χ4v) is 1.74. The molecule has 0 spiro atoms. The first-order valence-electron chi connectivity index (χ1n) is 5.66. The van der Waals surface area contributed by atoms with E-state index >= 15 is 0 Å². The molecule has 1 aromatic heterocycles. The second kappa shape index (κ2) is 4.57. The van der Waals surface area contributed by atoms with Crippen LogP contribution in [0.15, 0.2) is 35.1 Å². The fourth-order valence-electron chi connectivity index (χ4n) is 1.74. The summed E-state index contributed by atoms with van der Waals surface area (Å²) in [7, 11) is 0. The van der Waals surface area contributed by atoms with Crippen molar-refractivity contribution in [3.8, 4) is 0 Å². The monoisotopic (exact) mass is 231 g/mol. The van der Waals surface area contributed by atoms with E-state index in [2.05, 4.69) is 54.5 Å². The van der Waals surface area contributed by atoms with Crippen LogP contribution < -0.4 is 5.32 Å². The molecule has 1 heterocycles. The van der Waals surface area contributed by atoms with E-state index in [1.807, 2.05) is 6.07 Å². The molecule has 2 aromatic rings. The van der Waals surface area contributed by atoms with Gasteiger partial charge in [-0.1, -0.05) is 39.0 Å². The molecule has 17 heavy (non-hydrogen) atoms. The Morgan fingerprint density at radius 3 is 2.65 bits per heavy atom. The van der Waals surface area contributed by atoms with Gasteiger partial charge in [0.25, 0.3) is 0 Å². The zero-order valence-electron chi connectivity index (χ0n) is 10.4. The second-order valence-corrected chi connectivity index (χ2v) is 4.98. The molecular weight excluding hydrogens is 214 g/mol. The van der Waals surface area contributed by atoms with Crippen LogP contribution in [0.25, 0.3) is 0 Å². The summed E-state index contributed by atoms with van der Waals surface area (Å²) in [4.78, 5) is 0. The Balaban J connectivity index is 2.16. The minimum Gasteiger partial charge on any atom is -0.426 e. The molecule has 0 amide bonds. The number of hydrogen-bond acceptors (Lipinski definition) is 4. The van der Waals surface area contributed by atoms with Gasteiger partial charge in [-0.2, -0.15) is 0 Å². The Bertz CT molecular complexity index is 472. The highest BCUT2D eigenvalue weighted by Crippen LogP contribution is 2.29. The normalized spacial score (nSPS) is 11.5. The van der Waals surface area contributed by atoms with Gasteiger partial charge in [0.15, 0.2) is 0 Å². The number of nitrogens with one attached hydrogen (secondary N) is 1. The van der Waals surface area contributed by atoms with Crippen LogP contribution >= 0.6 is 0 Å². The third-order valence-electron chi connectivity index (χ3n) is 2.57. The van der Waals surface area contributed by atoms with Crippen molar-refractivity contribution in [2.45, 2.75) is 32.7 Å². The summed E-state index contributed by atoms with van der Waals surface area (Å²) >= 11 is 0. The summed E-state index contributed by atoms with van der Waals surface area (Å²) in [5.41, 5.74) is 2.50. The van der Waals surface area contributed by atoms with E-state index in [0.29, 0.717) is 12.4 Å². The molecule has 0 unspecified atom stereocenters. The first-order valence-corrected chi connectivity index (χ1v) is 5.66. The molecule has 0 aliphatic heterocycles. The van der Waals surface area contributed by atoms with Crippen molar-refractivity contribution >= 4 is 5.69 Å². The van der Waals surface area contributed by atoms with Crippen molar-refractivity contribution in [1.82, 2.24) is 10.2 Å². The largest absolute Gasteiger partial charge is 0.426 e. The Morgan fingerprint density at radius 2 is 2.00 bits per heavy atom. The molecular formula is C13H17N3O. The predicted molar refractivity (Wildman–Crippen MR) is 66.8 cm³/mol. The maximum Gasteiger partial charge on any atom is 0.235 e. The number of benzene rings is 1. The van der Waals surface area contributed by atoms with Gasteiger partial charge in [0.1, 0.15) is 0 Å². The molecule has 0 saturated carbocycles. The molecule has 0 fully saturated rings. The third-order valence-corrected chi connectivity index (χ3v) is 2.57. The SMILES string of the molecule is CC(C)(C)c1ccccc1NCc1nnco1. The lowest BCUT2D eigenvalue weighted by atomic mass is 9.86. The van der Waals surface area contributed by atoms with Crippen molar-refractivity contribution in [3.63, 3.8) is 0 Å². The number of anilines is 1. The van der Waals surface area contributed by atoms with E-state index in [-0.39, 0.29) is 5.41 Å². The van der Waals surface area contributed by atoms with Crippen LogP contribution in [-0.2, 0) is 12.0 Å². The van der Waals surface area contributed by atoms with E-state index in [0.717, 1.165) is 5.69 Å². The number of rotatable bonds is 3. The van der Waals surface area contributed by atoms with Gasteiger partial charge in [-0.25, -0.2) is 0 Å². The van der Waals surface area contributed by atoms with Crippen molar-refractivity contribution in [1.29, 1.82) is 0 Å². The van der Waals surface area contributed by atoms with E-state index < -0.39 is 0 Å². The molecule has 0 aliphatic rings. The van der Waals surface area contributed by atoms with E-state index in [4.69, 9.17) is 4.42 Å². The average molecular weight is 231 g/mol. The van der Waals surface area contributed by atoms with Crippen molar-refractivity contribution in [2.75, 3.05) is 5.32 Å². The van der Waals surface area contributed by atoms with Crippen LogP contribution in [0.3, 0.4) is 0 Å². The average Bonchev–Trinajstić information content (AvgIpc) is 2.78. The first-order chi connectivity index (χ1) is 8.07. The molecule has 0 atom stereocenters. The molecule has 0 aliphatic carbocycles.